The first-order valence-corrected chi connectivity index (χ1v) is 5.14. The zero-order chi connectivity index (χ0) is 10.2. The van der Waals surface area contributed by atoms with E-state index in [2.05, 4.69) is 5.43 Å². The second-order valence-electron chi connectivity index (χ2n) is 3.52. The standard InChI is InChI=1S/C10H20N2O2/c1-13-6-3-5-10(12-11)9-4-2-7-14-8-9/h8,10,12H,2-7,11H2,1H3. The molecule has 1 heterocycles. The minimum absolute atomic E-state index is 0.241. The van der Waals surface area contributed by atoms with Crippen LogP contribution in [-0.4, -0.2) is 26.4 Å². The number of nitrogens with two attached hydrogens (primary N) is 1. The molecule has 0 aromatic rings. The number of methoxy groups -OCH3 is 1. The Morgan fingerprint density at radius 2 is 2.57 bits per heavy atom. The van der Waals surface area contributed by atoms with Gasteiger partial charge in [0.05, 0.1) is 12.9 Å². The van der Waals surface area contributed by atoms with Crippen molar-refractivity contribution in [1.82, 2.24) is 5.43 Å². The first-order valence-electron chi connectivity index (χ1n) is 5.14. The van der Waals surface area contributed by atoms with Crippen LogP contribution in [0.2, 0.25) is 0 Å². The maximum atomic E-state index is 5.50. The molecule has 1 aliphatic rings. The summed E-state index contributed by atoms with van der Waals surface area (Å²) in [6.45, 7) is 1.62. The highest BCUT2D eigenvalue weighted by Gasteiger charge is 2.15. The fourth-order valence-corrected chi connectivity index (χ4v) is 1.65. The maximum Gasteiger partial charge on any atom is 0.0876 e. The summed E-state index contributed by atoms with van der Waals surface area (Å²) in [6, 6.07) is 0.241. The smallest absolute Gasteiger partial charge is 0.0876 e. The van der Waals surface area contributed by atoms with E-state index >= 15 is 0 Å². The van der Waals surface area contributed by atoms with E-state index in [1.54, 1.807) is 7.11 Å². The number of nitrogens with one attached hydrogen (secondary N) is 1. The van der Waals surface area contributed by atoms with Crippen LogP contribution in [-0.2, 0) is 9.47 Å². The van der Waals surface area contributed by atoms with E-state index in [9.17, 15) is 0 Å². The summed E-state index contributed by atoms with van der Waals surface area (Å²) >= 11 is 0. The van der Waals surface area contributed by atoms with Gasteiger partial charge in [0.2, 0.25) is 0 Å². The molecule has 0 aromatic carbocycles. The van der Waals surface area contributed by atoms with Gasteiger partial charge in [-0.3, -0.25) is 11.3 Å². The average molecular weight is 200 g/mol. The third-order valence-electron chi connectivity index (χ3n) is 2.45. The van der Waals surface area contributed by atoms with Crippen molar-refractivity contribution in [2.75, 3.05) is 20.3 Å². The molecule has 0 saturated heterocycles. The van der Waals surface area contributed by atoms with Gasteiger partial charge in [-0.05, 0) is 31.3 Å². The molecule has 82 valence electrons. The van der Waals surface area contributed by atoms with Crippen molar-refractivity contribution in [2.45, 2.75) is 31.7 Å². The fraction of sp³-hybridized carbons (Fsp3) is 0.800. The van der Waals surface area contributed by atoms with E-state index in [1.807, 2.05) is 6.26 Å². The van der Waals surface area contributed by atoms with Crippen LogP contribution in [0.15, 0.2) is 11.8 Å². The Labute approximate surface area is 85.4 Å². The lowest BCUT2D eigenvalue weighted by molar-refractivity contribution is 0.187. The van der Waals surface area contributed by atoms with Crippen LogP contribution in [0.1, 0.15) is 25.7 Å². The molecule has 4 heteroatoms. The van der Waals surface area contributed by atoms with Gasteiger partial charge in [0.15, 0.2) is 0 Å². The molecule has 1 unspecified atom stereocenters. The quantitative estimate of drug-likeness (QED) is 0.380. The van der Waals surface area contributed by atoms with Crippen molar-refractivity contribution in [3.63, 3.8) is 0 Å². The first kappa shape index (κ1) is 11.5. The lowest BCUT2D eigenvalue weighted by Crippen LogP contribution is -2.37. The Morgan fingerprint density at radius 3 is 3.14 bits per heavy atom. The summed E-state index contributed by atoms with van der Waals surface area (Å²) in [5.41, 5.74) is 4.10. The summed E-state index contributed by atoms with van der Waals surface area (Å²) in [5, 5.41) is 0. The van der Waals surface area contributed by atoms with Crippen LogP contribution in [0.25, 0.3) is 0 Å². The largest absolute Gasteiger partial charge is 0.501 e. The molecule has 0 fully saturated rings. The van der Waals surface area contributed by atoms with E-state index in [4.69, 9.17) is 15.3 Å². The van der Waals surface area contributed by atoms with Crippen molar-refractivity contribution < 1.29 is 9.47 Å². The van der Waals surface area contributed by atoms with E-state index in [0.29, 0.717) is 0 Å². The van der Waals surface area contributed by atoms with Crippen LogP contribution < -0.4 is 11.3 Å². The fourth-order valence-electron chi connectivity index (χ4n) is 1.65. The van der Waals surface area contributed by atoms with Gasteiger partial charge in [-0.25, -0.2) is 0 Å². The molecular formula is C10H20N2O2. The number of rotatable bonds is 6. The average Bonchev–Trinajstić information content (AvgIpc) is 2.26. The highest BCUT2D eigenvalue weighted by atomic mass is 16.5. The zero-order valence-electron chi connectivity index (χ0n) is 8.79. The van der Waals surface area contributed by atoms with Crippen molar-refractivity contribution >= 4 is 0 Å². The molecule has 4 nitrogen and oxygen atoms in total. The van der Waals surface area contributed by atoms with Crippen LogP contribution >= 0.6 is 0 Å². The molecule has 0 spiro atoms. The molecule has 0 aliphatic carbocycles. The molecule has 14 heavy (non-hydrogen) atoms. The topological polar surface area (TPSA) is 56.5 Å². The number of ether oxygens (including phenoxy) is 2. The lowest BCUT2D eigenvalue weighted by Gasteiger charge is -2.22. The first-order chi connectivity index (χ1) is 6.88. The number of hydrogen-bond acceptors (Lipinski definition) is 4. The minimum Gasteiger partial charge on any atom is -0.501 e. The van der Waals surface area contributed by atoms with Gasteiger partial charge in [0.1, 0.15) is 0 Å². The van der Waals surface area contributed by atoms with Crippen molar-refractivity contribution in [3.05, 3.63) is 11.8 Å². The van der Waals surface area contributed by atoms with Crippen molar-refractivity contribution in [3.8, 4) is 0 Å². The second-order valence-corrected chi connectivity index (χ2v) is 3.52. The normalized spacial score (nSPS) is 18.6. The van der Waals surface area contributed by atoms with E-state index in [-0.39, 0.29) is 6.04 Å². The molecule has 0 bridgehead atoms. The number of hydrazine groups is 1. The van der Waals surface area contributed by atoms with Gasteiger partial charge in [0.25, 0.3) is 0 Å². The predicted octanol–water partition coefficient (Wildman–Crippen LogP) is 0.939. The summed E-state index contributed by atoms with van der Waals surface area (Å²) in [7, 11) is 1.72. The summed E-state index contributed by atoms with van der Waals surface area (Å²) in [5.74, 6) is 5.50. The van der Waals surface area contributed by atoms with E-state index in [1.165, 1.54) is 5.57 Å². The molecule has 0 saturated carbocycles. The van der Waals surface area contributed by atoms with Gasteiger partial charge in [0, 0.05) is 19.8 Å². The van der Waals surface area contributed by atoms with Crippen LogP contribution in [0, 0.1) is 0 Å². The summed E-state index contributed by atoms with van der Waals surface area (Å²) < 4.78 is 10.3. The monoisotopic (exact) mass is 200 g/mol. The third-order valence-corrected chi connectivity index (χ3v) is 2.45. The van der Waals surface area contributed by atoms with Crippen LogP contribution in [0.3, 0.4) is 0 Å². The summed E-state index contributed by atoms with van der Waals surface area (Å²) in [4.78, 5) is 0. The van der Waals surface area contributed by atoms with Crippen LogP contribution in [0.4, 0.5) is 0 Å². The third kappa shape index (κ3) is 3.65. The summed E-state index contributed by atoms with van der Waals surface area (Å²) in [6.07, 6.45) is 6.04. The maximum absolute atomic E-state index is 5.50. The molecule has 0 amide bonds. The van der Waals surface area contributed by atoms with Gasteiger partial charge < -0.3 is 9.47 Å². The Balaban J connectivity index is 2.32. The second kappa shape index (κ2) is 6.81. The molecule has 0 radical (unpaired) electrons. The van der Waals surface area contributed by atoms with Crippen molar-refractivity contribution in [1.29, 1.82) is 0 Å². The molecule has 3 N–H and O–H groups in total. The predicted molar refractivity (Wildman–Crippen MR) is 55.5 cm³/mol. The molecule has 1 rings (SSSR count). The van der Waals surface area contributed by atoms with Gasteiger partial charge >= 0.3 is 0 Å². The molecule has 0 aromatic heterocycles. The molecule has 1 atom stereocenters. The Hall–Kier alpha value is -0.580. The van der Waals surface area contributed by atoms with Gasteiger partial charge in [-0.2, -0.15) is 0 Å². The Morgan fingerprint density at radius 1 is 1.71 bits per heavy atom. The minimum atomic E-state index is 0.241. The highest BCUT2D eigenvalue weighted by Crippen LogP contribution is 2.18. The zero-order valence-corrected chi connectivity index (χ0v) is 8.79. The van der Waals surface area contributed by atoms with E-state index in [0.717, 1.165) is 38.9 Å². The van der Waals surface area contributed by atoms with Crippen LogP contribution in [0.5, 0.6) is 0 Å². The Kier molecular flexibility index (Phi) is 5.59. The van der Waals surface area contributed by atoms with Crippen molar-refractivity contribution in [2.24, 2.45) is 5.84 Å². The van der Waals surface area contributed by atoms with Gasteiger partial charge in [-0.1, -0.05) is 0 Å². The lowest BCUT2D eigenvalue weighted by atomic mass is 9.99. The SMILES string of the molecule is COCCCC(NN)C1=COCCC1. The van der Waals surface area contributed by atoms with E-state index < -0.39 is 0 Å². The number of hydrogen-bond donors (Lipinski definition) is 2. The van der Waals surface area contributed by atoms with Gasteiger partial charge in [-0.15, -0.1) is 0 Å². The molecule has 1 aliphatic heterocycles. The highest BCUT2D eigenvalue weighted by molar-refractivity contribution is 5.09. The molecular weight excluding hydrogens is 180 g/mol. The Bertz CT molecular complexity index is 183.